The lowest BCUT2D eigenvalue weighted by Crippen LogP contribution is -2.29. The van der Waals surface area contributed by atoms with Gasteiger partial charge in [0.2, 0.25) is 0 Å². The maximum Gasteiger partial charge on any atom is 0.255 e. The minimum atomic E-state index is -0.457. The molecule has 3 aromatic rings. The number of aromatic hydroxyl groups is 1. The fourth-order valence-electron chi connectivity index (χ4n) is 2.46. The van der Waals surface area contributed by atoms with Gasteiger partial charge in [0.05, 0.1) is 21.8 Å². The predicted octanol–water partition coefficient (Wildman–Crippen LogP) is 2.93. The van der Waals surface area contributed by atoms with Crippen LogP contribution in [0.2, 0.25) is 0 Å². The van der Waals surface area contributed by atoms with Crippen LogP contribution in [0, 0.1) is 6.92 Å². The summed E-state index contributed by atoms with van der Waals surface area (Å²) in [5, 5.41) is 24.6. The molecule has 0 spiro atoms. The van der Waals surface area contributed by atoms with Crippen molar-refractivity contribution in [2.75, 3.05) is 0 Å². The van der Waals surface area contributed by atoms with E-state index < -0.39 is 11.9 Å². The summed E-state index contributed by atoms with van der Waals surface area (Å²) in [6.07, 6.45) is 0. The molecule has 7 nitrogen and oxygen atoms in total. The van der Waals surface area contributed by atoms with E-state index >= 15 is 0 Å². The number of phenolic OH excluding ortho intramolecular Hbond substituents is 1. The topological polar surface area (TPSA) is 92.9 Å². The van der Waals surface area contributed by atoms with E-state index in [0.717, 1.165) is 11.3 Å². The molecule has 1 amide bonds. The second kappa shape index (κ2) is 7.02. The molecule has 2 aromatic carbocycles. The van der Waals surface area contributed by atoms with Crippen molar-refractivity contribution in [2.24, 2.45) is 0 Å². The Balaban J connectivity index is 1.86. The number of amides is 1. The van der Waals surface area contributed by atoms with Crippen LogP contribution in [0.3, 0.4) is 0 Å². The summed E-state index contributed by atoms with van der Waals surface area (Å²) >= 11 is 3.25. The van der Waals surface area contributed by atoms with Gasteiger partial charge in [-0.2, -0.15) is 4.68 Å². The summed E-state index contributed by atoms with van der Waals surface area (Å²) in [4.78, 5) is 12.6. The lowest BCUT2D eigenvalue weighted by atomic mass is 10.1. The van der Waals surface area contributed by atoms with E-state index in [-0.39, 0.29) is 11.3 Å². The average Bonchev–Trinajstić information content (AvgIpc) is 3.08. The van der Waals surface area contributed by atoms with Gasteiger partial charge in [-0.25, -0.2) is 0 Å². The number of carbonyl (C=O) groups excluding carboxylic acids is 1. The summed E-state index contributed by atoms with van der Waals surface area (Å²) in [6.45, 7) is 3.63. The first kappa shape index (κ1) is 17.1. The van der Waals surface area contributed by atoms with Crippen LogP contribution in [0.15, 0.2) is 46.9 Å². The summed E-state index contributed by atoms with van der Waals surface area (Å²) in [5.41, 5.74) is 1.85. The number of benzene rings is 2. The molecule has 1 unspecified atom stereocenters. The zero-order valence-electron chi connectivity index (χ0n) is 13.6. The first-order valence-electron chi connectivity index (χ1n) is 7.61. The molecule has 1 aromatic heterocycles. The Bertz CT molecular complexity index is 911. The molecule has 0 saturated heterocycles. The van der Waals surface area contributed by atoms with Gasteiger partial charge >= 0.3 is 0 Å². The van der Waals surface area contributed by atoms with Crippen molar-refractivity contribution in [3.63, 3.8) is 0 Å². The lowest BCUT2D eigenvalue weighted by Gasteiger charge is -2.15. The Morgan fingerprint density at radius 1 is 1.28 bits per heavy atom. The molecule has 3 rings (SSSR count). The maximum atomic E-state index is 12.6. The van der Waals surface area contributed by atoms with Gasteiger partial charge in [0, 0.05) is 0 Å². The molecule has 2 N–H and O–H groups in total. The van der Waals surface area contributed by atoms with Crippen LogP contribution in [0.25, 0.3) is 5.69 Å². The highest BCUT2D eigenvalue weighted by atomic mass is 79.9. The molecule has 0 radical (unpaired) electrons. The first-order chi connectivity index (χ1) is 12.0. The van der Waals surface area contributed by atoms with Crippen LogP contribution in [-0.4, -0.2) is 31.2 Å². The Morgan fingerprint density at radius 3 is 2.72 bits per heavy atom. The molecule has 0 fully saturated rings. The molecule has 128 valence electrons. The van der Waals surface area contributed by atoms with Gasteiger partial charge < -0.3 is 10.4 Å². The first-order valence-corrected chi connectivity index (χ1v) is 8.40. The monoisotopic (exact) mass is 401 g/mol. The summed E-state index contributed by atoms with van der Waals surface area (Å²) in [7, 11) is 0. The fourth-order valence-corrected chi connectivity index (χ4v) is 3.04. The highest BCUT2D eigenvalue weighted by Crippen LogP contribution is 2.29. The van der Waals surface area contributed by atoms with E-state index in [1.165, 1.54) is 0 Å². The fraction of sp³-hybridized carbons (Fsp3) is 0.176. The quantitative estimate of drug-likeness (QED) is 0.700. The van der Waals surface area contributed by atoms with Crippen LogP contribution in [0.1, 0.15) is 34.7 Å². The number of hydrogen-bond acceptors (Lipinski definition) is 5. The van der Waals surface area contributed by atoms with Gasteiger partial charge in [-0.3, -0.25) is 4.79 Å². The summed E-state index contributed by atoms with van der Waals surface area (Å²) in [5.74, 6) is -0.0132. The SMILES string of the molecule is Cc1cc(Br)c(O)c(C(=O)NC(C)c2nnnn2-c2ccccc2)c1. The summed E-state index contributed by atoms with van der Waals surface area (Å²) < 4.78 is 2.04. The molecule has 0 aliphatic carbocycles. The van der Waals surface area contributed by atoms with E-state index in [2.05, 4.69) is 36.8 Å². The van der Waals surface area contributed by atoms with Gasteiger partial charge in [-0.15, -0.1) is 5.10 Å². The van der Waals surface area contributed by atoms with Gasteiger partial charge in [-0.1, -0.05) is 18.2 Å². The number of aryl methyl sites for hydroxylation is 1. The number of nitrogens with one attached hydrogen (secondary N) is 1. The molecule has 0 aliphatic heterocycles. The van der Waals surface area contributed by atoms with Gasteiger partial charge in [0.15, 0.2) is 5.82 Å². The zero-order valence-corrected chi connectivity index (χ0v) is 15.2. The van der Waals surface area contributed by atoms with Crippen molar-refractivity contribution in [1.82, 2.24) is 25.5 Å². The second-order valence-corrected chi connectivity index (χ2v) is 6.48. The van der Waals surface area contributed by atoms with Crippen molar-refractivity contribution in [3.8, 4) is 11.4 Å². The van der Waals surface area contributed by atoms with Gasteiger partial charge in [0.1, 0.15) is 5.75 Å². The van der Waals surface area contributed by atoms with E-state index in [4.69, 9.17) is 0 Å². The molecule has 25 heavy (non-hydrogen) atoms. The van der Waals surface area contributed by atoms with Crippen molar-refractivity contribution in [3.05, 3.63) is 63.9 Å². The molecule has 8 heteroatoms. The standard InChI is InChI=1S/C17H16BrN5O2/c1-10-8-13(15(24)14(18)9-10)17(25)19-11(2)16-20-21-22-23(16)12-6-4-3-5-7-12/h3-9,11,24H,1-2H3,(H,19,25). The third-order valence-electron chi connectivity index (χ3n) is 3.68. The molecule has 0 bridgehead atoms. The van der Waals surface area contributed by atoms with Gasteiger partial charge in [0.25, 0.3) is 5.91 Å². The minimum absolute atomic E-state index is 0.0991. The maximum absolute atomic E-state index is 12.6. The highest BCUT2D eigenvalue weighted by molar-refractivity contribution is 9.10. The van der Waals surface area contributed by atoms with Crippen LogP contribution in [0.5, 0.6) is 5.75 Å². The number of hydrogen-bond donors (Lipinski definition) is 2. The second-order valence-electron chi connectivity index (χ2n) is 5.62. The number of phenols is 1. The van der Waals surface area contributed by atoms with Crippen LogP contribution >= 0.6 is 15.9 Å². The molecular formula is C17H16BrN5O2. The average molecular weight is 402 g/mol. The third kappa shape index (κ3) is 3.53. The van der Waals surface area contributed by atoms with E-state index in [0.29, 0.717) is 10.3 Å². The minimum Gasteiger partial charge on any atom is -0.506 e. The Hall–Kier alpha value is -2.74. The van der Waals surface area contributed by atoms with Crippen molar-refractivity contribution < 1.29 is 9.90 Å². The zero-order chi connectivity index (χ0) is 18.0. The Labute approximate surface area is 152 Å². The number of rotatable bonds is 4. The van der Waals surface area contributed by atoms with Crippen LogP contribution in [0.4, 0.5) is 0 Å². The molecule has 0 aliphatic rings. The number of carbonyl (C=O) groups is 1. The van der Waals surface area contributed by atoms with E-state index in [9.17, 15) is 9.90 Å². The largest absolute Gasteiger partial charge is 0.506 e. The smallest absolute Gasteiger partial charge is 0.255 e. The lowest BCUT2D eigenvalue weighted by molar-refractivity contribution is 0.0935. The number of aromatic nitrogens is 4. The van der Waals surface area contributed by atoms with Crippen LogP contribution < -0.4 is 5.32 Å². The van der Waals surface area contributed by atoms with E-state index in [1.807, 2.05) is 37.3 Å². The van der Waals surface area contributed by atoms with E-state index in [1.54, 1.807) is 23.7 Å². The number of nitrogens with zero attached hydrogens (tertiary/aromatic N) is 4. The molecule has 1 heterocycles. The van der Waals surface area contributed by atoms with Gasteiger partial charge in [-0.05, 0) is 70.0 Å². The molecule has 0 saturated carbocycles. The van der Waals surface area contributed by atoms with Crippen LogP contribution in [-0.2, 0) is 0 Å². The number of para-hydroxylation sites is 1. The Morgan fingerprint density at radius 2 is 2.00 bits per heavy atom. The molecule has 1 atom stereocenters. The number of halogens is 1. The Kier molecular flexibility index (Phi) is 4.80. The number of tetrazole rings is 1. The van der Waals surface area contributed by atoms with Crippen molar-refractivity contribution in [2.45, 2.75) is 19.9 Å². The normalized spacial score (nSPS) is 12.0. The van der Waals surface area contributed by atoms with Crippen molar-refractivity contribution in [1.29, 1.82) is 0 Å². The molecular weight excluding hydrogens is 386 g/mol. The third-order valence-corrected chi connectivity index (χ3v) is 4.29. The van der Waals surface area contributed by atoms with Crippen molar-refractivity contribution >= 4 is 21.8 Å². The highest BCUT2D eigenvalue weighted by Gasteiger charge is 2.21. The predicted molar refractivity (Wildman–Crippen MR) is 95.6 cm³/mol. The summed E-state index contributed by atoms with van der Waals surface area (Å²) in [6, 6.07) is 12.3.